The molecule has 0 atom stereocenters. The van der Waals surface area contributed by atoms with Gasteiger partial charge < -0.3 is 0 Å². The van der Waals surface area contributed by atoms with Crippen LogP contribution in [0, 0.1) is 0 Å². The van der Waals surface area contributed by atoms with Crippen molar-refractivity contribution in [1.29, 1.82) is 0 Å². The lowest BCUT2D eigenvalue weighted by atomic mass is 10.0. The zero-order chi connectivity index (χ0) is 19.7. The van der Waals surface area contributed by atoms with Crippen molar-refractivity contribution in [2.24, 2.45) is 0 Å². The Balaban J connectivity index is 1.37. The molecule has 0 saturated carbocycles. The van der Waals surface area contributed by atoms with Crippen molar-refractivity contribution in [2.75, 3.05) is 0 Å². The highest BCUT2D eigenvalue weighted by molar-refractivity contribution is 5.84. The Morgan fingerprint density at radius 1 is 0.571 bits per heavy atom. The second-order valence-corrected chi connectivity index (χ2v) is 8.53. The molecule has 0 unspecified atom stereocenters. The summed E-state index contributed by atoms with van der Waals surface area (Å²) in [6.45, 7) is 2.30. The lowest BCUT2D eigenvalue weighted by molar-refractivity contribution is 0.529. The average Bonchev–Trinajstić information content (AvgIpc) is 2.73. The Morgan fingerprint density at radius 2 is 1.07 bits per heavy atom. The molecule has 0 saturated heterocycles. The minimum atomic E-state index is 1.12. The van der Waals surface area contributed by atoms with E-state index in [2.05, 4.69) is 42.2 Å². The smallest absolute Gasteiger partial charge is 0.0481 e. The zero-order valence-corrected chi connectivity index (χ0v) is 18.4. The molecule has 0 aliphatic rings. The second-order valence-electron chi connectivity index (χ2n) is 8.53. The summed E-state index contributed by atoms with van der Waals surface area (Å²) in [5.74, 6) is 0. The second kappa shape index (κ2) is 15.5. The summed E-state index contributed by atoms with van der Waals surface area (Å²) in [6.07, 6.45) is 25.9. The number of hydrogen-bond donors (Lipinski definition) is 0. The van der Waals surface area contributed by atoms with Crippen LogP contribution in [0.15, 0.2) is 36.5 Å². The Bertz CT molecular complexity index is 613. The molecule has 0 aliphatic carbocycles. The SMILES string of the molecule is CCCCCCCCCCCCCCCCCCc1nccc2ccccc12. The fraction of sp³-hybridized carbons (Fsp3) is 0.667. The van der Waals surface area contributed by atoms with Crippen molar-refractivity contribution in [2.45, 2.75) is 116 Å². The molecule has 28 heavy (non-hydrogen) atoms. The Morgan fingerprint density at radius 3 is 1.64 bits per heavy atom. The summed E-state index contributed by atoms with van der Waals surface area (Å²) in [5.41, 5.74) is 1.28. The van der Waals surface area contributed by atoms with Gasteiger partial charge in [-0.2, -0.15) is 0 Å². The number of nitrogens with zero attached hydrogens (tertiary/aromatic N) is 1. The van der Waals surface area contributed by atoms with Crippen molar-refractivity contribution in [1.82, 2.24) is 4.98 Å². The molecule has 156 valence electrons. The van der Waals surface area contributed by atoms with Gasteiger partial charge in [0.05, 0.1) is 0 Å². The van der Waals surface area contributed by atoms with Crippen LogP contribution in [-0.2, 0) is 6.42 Å². The van der Waals surface area contributed by atoms with Gasteiger partial charge in [-0.25, -0.2) is 0 Å². The highest BCUT2D eigenvalue weighted by atomic mass is 14.7. The number of hydrogen-bond acceptors (Lipinski definition) is 1. The molecule has 0 amide bonds. The van der Waals surface area contributed by atoms with Crippen LogP contribution in [0.3, 0.4) is 0 Å². The zero-order valence-electron chi connectivity index (χ0n) is 18.4. The van der Waals surface area contributed by atoms with Gasteiger partial charge in [0.15, 0.2) is 0 Å². The molecule has 1 heterocycles. The van der Waals surface area contributed by atoms with Crippen molar-refractivity contribution in [3.8, 4) is 0 Å². The molecule has 0 N–H and O–H groups in total. The Labute approximate surface area is 174 Å². The van der Waals surface area contributed by atoms with E-state index in [9.17, 15) is 0 Å². The van der Waals surface area contributed by atoms with E-state index in [1.807, 2.05) is 6.20 Å². The molecule has 0 aliphatic heterocycles. The van der Waals surface area contributed by atoms with Crippen LogP contribution in [0.25, 0.3) is 10.8 Å². The van der Waals surface area contributed by atoms with E-state index in [1.165, 1.54) is 119 Å². The molecular formula is C27H43N. The van der Waals surface area contributed by atoms with Crippen LogP contribution in [-0.4, -0.2) is 4.98 Å². The molecule has 0 bridgehead atoms. The summed E-state index contributed by atoms with van der Waals surface area (Å²) in [6, 6.07) is 10.8. The van der Waals surface area contributed by atoms with E-state index in [4.69, 9.17) is 0 Å². The molecule has 1 aromatic carbocycles. The summed E-state index contributed by atoms with van der Waals surface area (Å²) in [4.78, 5) is 4.61. The number of pyridine rings is 1. The molecule has 2 rings (SSSR count). The van der Waals surface area contributed by atoms with Gasteiger partial charge in [-0.05, 0) is 24.3 Å². The standard InChI is InChI=1S/C27H43N/c1-2-3-4-5-6-7-8-9-10-11-12-13-14-15-16-17-22-27-26-21-19-18-20-25(26)23-24-28-27/h18-21,23-24H,2-17,22H2,1H3. The van der Waals surface area contributed by atoms with Crippen molar-refractivity contribution >= 4 is 10.8 Å². The van der Waals surface area contributed by atoms with Gasteiger partial charge in [0.25, 0.3) is 0 Å². The fourth-order valence-electron chi connectivity index (χ4n) is 4.22. The monoisotopic (exact) mass is 381 g/mol. The number of fused-ring (bicyclic) bond motifs is 1. The van der Waals surface area contributed by atoms with E-state index in [-0.39, 0.29) is 0 Å². The van der Waals surface area contributed by atoms with Gasteiger partial charge >= 0.3 is 0 Å². The Hall–Kier alpha value is -1.37. The number of benzene rings is 1. The number of aryl methyl sites for hydroxylation is 1. The molecule has 0 radical (unpaired) electrons. The highest BCUT2D eigenvalue weighted by Crippen LogP contribution is 2.19. The summed E-state index contributed by atoms with van der Waals surface area (Å²) >= 11 is 0. The highest BCUT2D eigenvalue weighted by Gasteiger charge is 2.01. The molecule has 1 aromatic heterocycles. The molecule has 1 heteroatoms. The minimum absolute atomic E-state index is 1.12. The van der Waals surface area contributed by atoms with Crippen molar-refractivity contribution in [3.05, 3.63) is 42.2 Å². The van der Waals surface area contributed by atoms with E-state index >= 15 is 0 Å². The average molecular weight is 382 g/mol. The van der Waals surface area contributed by atoms with Crippen LogP contribution < -0.4 is 0 Å². The largest absolute Gasteiger partial charge is 0.261 e. The molecule has 0 fully saturated rings. The molecule has 0 spiro atoms. The van der Waals surface area contributed by atoms with Crippen LogP contribution >= 0.6 is 0 Å². The van der Waals surface area contributed by atoms with Gasteiger partial charge in [-0.15, -0.1) is 0 Å². The van der Waals surface area contributed by atoms with Crippen LogP contribution in [0.5, 0.6) is 0 Å². The maximum atomic E-state index is 4.61. The van der Waals surface area contributed by atoms with Crippen molar-refractivity contribution < 1.29 is 0 Å². The molecule has 1 nitrogen and oxygen atoms in total. The van der Waals surface area contributed by atoms with E-state index < -0.39 is 0 Å². The number of aromatic nitrogens is 1. The predicted octanol–water partition coefficient (Wildman–Crippen LogP) is 9.04. The maximum Gasteiger partial charge on any atom is 0.0481 e. The number of rotatable bonds is 17. The quantitative estimate of drug-likeness (QED) is 0.249. The van der Waals surface area contributed by atoms with E-state index in [1.54, 1.807) is 0 Å². The lowest BCUT2D eigenvalue weighted by Gasteiger charge is -2.06. The third-order valence-electron chi connectivity index (χ3n) is 6.02. The first kappa shape index (κ1) is 22.9. The first-order valence-electron chi connectivity index (χ1n) is 12.2. The van der Waals surface area contributed by atoms with Gasteiger partial charge in [-0.1, -0.05) is 128 Å². The third-order valence-corrected chi connectivity index (χ3v) is 6.02. The summed E-state index contributed by atoms with van der Waals surface area (Å²) in [7, 11) is 0. The topological polar surface area (TPSA) is 12.9 Å². The van der Waals surface area contributed by atoms with Gasteiger partial charge in [0.1, 0.15) is 0 Å². The Kier molecular flexibility index (Phi) is 12.7. The fourth-order valence-corrected chi connectivity index (χ4v) is 4.22. The van der Waals surface area contributed by atoms with Crippen LogP contribution in [0.2, 0.25) is 0 Å². The molecule has 2 aromatic rings. The van der Waals surface area contributed by atoms with Crippen LogP contribution in [0.1, 0.15) is 115 Å². The predicted molar refractivity (Wildman–Crippen MR) is 125 cm³/mol. The van der Waals surface area contributed by atoms with Crippen LogP contribution in [0.4, 0.5) is 0 Å². The third kappa shape index (κ3) is 9.71. The first-order chi connectivity index (χ1) is 13.9. The summed E-state index contributed by atoms with van der Waals surface area (Å²) < 4.78 is 0. The van der Waals surface area contributed by atoms with E-state index in [0.717, 1.165) is 6.42 Å². The lowest BCUT2D eigenvalue weighted by Crippen LogP contribution is -1.92. The van der Waals surface area contributed by atoms with Gasteiger partial charge in [0.2, 0.25) is 0 Å². The first-order valence-corrected chi connectivity index (χ1v) is 12.2. The normalized spacial score (nSPS) is 11.3. The van der Waals surface area contributed by atoms with Gasteiger partial charge in [0, 0.05) is 17.3 Å². The van der Waals surface area contributed by atoms with Crippen molar-refractivity contribution in [3.63, 3.8) is 0 Å². The van der Waals surface area contributed by atoms with Gasteiger partial charge in [-0.3, -0.25) is 4.98 Å². The summed E-state index contributed by atoms with van der Waals surface area (Å²) in [5, 5.41) is 2.66. The maximum absolute atomic E-state index is 4.61. The number of unbranched alkanes of at least 4 members (excludes halogenated alkanes) is 15. The minimum Gasteiger partial charge on any atom is -0.261 e. The molecular weight excluding hydrogens is 338 g/mol. The van der Waals surface area contributed by atoms with E-state index in [0.29, 0.717) is 0 Å².